The van der Waals surface area contributed by atoms with Crippen molar-refractivity contribution in [1.82, 2.24) is 20.1 Å². The number of hydrogen-bond acceptors (Lipinski definition) is 3. The molecule has 0 amide bonds. The van der Waals surface area contributed by atoms with Crippen LogP contribution in [0.5, 0.6) is 0 Å². The number of hydrogen-bond donors (Lipinski definition) is 2. The van der Waals surface area contributed by atoms with Crippen molar-refractivity contribution in [3.8, 4) is 0 Å². The van der Waals surface area contributed by atoms with Crippen molar-refractivity contribution in [2.45, 2.75) is 19.9 Å². The number of aryl methyl sites for hydroxylation is 1. The van der Waals surface area contributed by atoms with Crippen LogP contribution >= 0.6 is 12.2 Å². The van der Waals surface area contributed by atoms with Crippen molar-refractivity contribution in [3.63, 3.8) is 0 Å². The fourth-order valence-electron chi connectivity index (χ4n) is 2.50. The molecule has 0 radical (unpaired) electrons. The lowest BCUT2D eigenvalue weighted by atomic mass is 10.1. The highest BCUT2D eigenvalue weighted by atomic mass is 32.1. The molecular formula is C19H21N5S. The Kier molecular flexibility index (Phi) is 5.74. The van der Waals surface area contributed by atoms with Gasteiger partial charge in [-0.15, -0.1) is 5.10 Å². The second kappa shape index (κ2) is 8.39. The third-order valence-electron chi connectivity index (χ3n) is 3.90. The smallest absolute Gasteiger partial charge is 0.248 e. The number of thiocarbonyl (C=S) groups is 1. The Morgan fingerprint density at radius 1 is 1.08 bits per heavy atom. The molecule has 0 unspecified atom stereocenters. The lowest BCUT2D eigenvalue weighted by Gasteiger charge is -2.08. The van der Waals surface area contributed by atoms with E-state index in [1.54, 1.807) is 11.0 Å². The van der Waals surface area contributed by atoms with Crippen LogP contribution < -0.4 is 10.6 Å². The summed E-state index contributed by atoms with van der Waals surface area (Å²) in [6, 6.07) is 18.6. The average molecular weight is 351 g/mol. The molecule has 0 atom stereocenters. The normalized spacial score (nSPS) is 10.4. The molecule has 0 aliphatic rings. The summed E-state index contributed by atoms with van der Waals surface area (Å²) >= 11 is 5.30. The second-order valence-corrected chi connectivity index (χ2v) is 6.22. The molecule has 2 aromatic carbocycles. The zero-order valence-corrected chi connectivity index (χ0v) is 15.0. The maximum atomic E-state index is 5.30. The molecule has 0 saturated heterocycles. The van der Waals surface area contributed by atoms with E-state index in [-0.39, 0.29) is 0 Å². The Hall–Kier alpha value is -2.73. The molecule has 1 heterocycles. The lowest BCUT2D eigenvalue weighted by Crippen LogP contribution is -2.30. The molecule has 3 rings (SSSR count). The molecule has 5 nitrogen and oxygen atoms in total. The van der Waals surface area contributed by atoms with E-state index in [9.17, 15) is 0 Å². The van der Waals surface area contributed by atoms with Gasteiger partial charge in [-0.1, -0.05) is 54.6 Å². The van der Waals surface area contributed by atoms with E-state index in [1.165, 1.54) is 16.7 Å². The molecule has 128 valence electrons. The first-order valence-electron chi connectivity index (χ1n) is 8.23. The number of nitrogens with one attached hydrogen (secondary N) is 2. The molecule has 0 saturated carbocycles. The first-order chi connectivity index (χ1) is 12.2. The number of aromatic nitrogens is 3. The van der Waals surface area contributed by atoms with Gasteiger partial charge < -0.3 is 5.32 Å². The predicted octanol–water partition coefficient (Wildman–Crippen LogP) is 3.16. The predicted molar refractivity (Wildman–Crippen MR) is 105 cm³/mol. The Morgan fingerprint density at radius 2 is 1.84 bits per heavy atom. The van der Waals surface area contributed by atoms with Crippen LogP contribution in [0.3, 0.4) is 0 Å². The maximum absolute atomic E-state index is 5.30. The van der Waals surface area contributed by atoms with Gasteiger partial charge in [-0.3, -0.25) is 5.32 Å². The molecule has 0 aliphatic heterocycles. The summed E-state index contributed by atoms with van der Waals surface area (Å²) in [4.78, 5) is 4.26. The average Bonchev–Trinajstić information content (AvgIpc) is 3.05. The van der Waals surface area contributed by atoms with Crippen LogP contribution in [0.1, 0.15) is 16.7 Å². The fraction of sp³-hybridized carbons (Fsp3) is 0.211. The van der Waals surface area contributed by atoms with Crippen molar-refractivity contribution in [1.29, 1.82) is 0 Å². The highest BCUT2D eigenvalue weighted by molar-refractivity contribution is 7.80. The minimum Gasteiger partial charge on any atom is -0.362 e. The highest BCUT2D eigenvalue weighted by Gasteiger charge is 2.05. The molecule has 0 bridgehead atoms. The van der Waals surface area contributed by atoms with Gasteiger partial charge in [-0.25, -0.2) is 9.67 Å². The second-order valence-electron chi connectivity index (χ2n) is 5.81. The van der Waals surface area contributed by atoms with E-state index < -0.39 is 0 Å². The third kappa shape index (κ3) is 5.12. The summed E-state index contributed by atoms with van der Waals surface area (Å²) in [5.41, 5.74) is 3.74. The fourth-order valence-corrected chi connectivity index (χ4v) is 2.69. The Morgan fingerprint density at radius 3 is 2.64 bits per heavy atom. The molecule has 25 heavy (non-hydrogen) atoms. The number of benzene rings is 2. The Labute approximate surface area is 153 Å². The Bertz CT molecular complexity index is 829. The quantitative estimate of drug-likeness (QED) is 0.668. The monoisotopic (exact) mass is 351 g/mol. The lowest BCUT2D eigenvalue weighted by molar-refractivity contribution is 0.684. The van der Waals surface area contributed by atoms with E-state index >= 15 is 0 Å². The SMILES string of the molecule is Cc1ccccc1Cn1cnc(NC(=S)NCCc2ccccc2)n1. The van der Waals surface area contributed by atoms with E-state index in [4.69, 9.17) is 12.2 Å². The van der Waals surface area contributed by atoms with E-state index in [0.717, 1.165) is 13.0 Å². The van der Waals surface area contributed by atoms with E-state index in [2.05, 4.69) is 51.9 Å². The standard InChI is InChI=1S/C19H21N5S/c1-15-7-5-6-10-17(15)13-24-14-21-18(23-24)22-19(25)20-12-11-16-8-3-2-4-9-16/h2-10,14H,11-13H2,1H3,(H2,20,22,23,25). The molecule has 3 aromatic rings. The van der Waals surface area contributed by atoms with Crippen molar-refractivity contribution in [2.24, 2.45) is 0 Å². The van der Waals surface area contributed by atoms with Crippen molar-refractivity contribution in [2.75, 3.05) is 11.9 Å². The third-order valence-corrected chi connectivity index (χ3v) is 4.14. The van der Waals surface area contributed by atoms with E-state index in [0.29, 0.717) is 17.6 Å². The summed E-state index contributed by atoms with van der Waals surface area (Å²) in [7, 11) is 0. The molecule has 0 aliphatic carbocycles. The largest absolute Gasteiger partial charge is 0.362 e. The van der Waals surface area contributed by atoms with Crippen molar-refractivity contribution in [3.05, 3.63) is 77.6 Å². The summed E-state index contributed by atoms with van der Waals surface area (Å²) in [6.07, 6.45) is 2.62. The topological polar surface area (TPSA) is 54.8 Å². The van der Waals surface area contributed by atoms with Gasteiger partial charge in [0, 0.05) is 6.54 Å². The minimum absolute atomic E-state index is 0.505. The highest BCUT2D eigenvalue weighted by Crippen LogP contribution is 2.09. The van der Waals surface area contributed by atoms with Crippen LogP contribution in [0.25, 0.3) is 0 Å². The summed E-state index contributed by atoms with van der Waals surface area (Å²) < 4.78 is 1.80. The molecule has 2 N–H and O–H groups in total. The maximum Gasteiger partial charge on any atom is 0.248 e. The van der Waals surface area contributed by atoms with Gasteiger partial charge in [0.05, 0.1) is 6.54 Å². The summed E-state index contributed by atoms with van der Waals surface area (Å²) in [5, 5.41) is 11.2. The molecule has 1 aromatic heterocycles. The van der Waals surface area contributed by atoms with Crippen LogP contribution in [-0.4, -0.2) is 26.4 Å². The zero-order chi connectivity index (χ0) is 17.5. The molecular weight excluding hydrogens is 330 g/mol. The number of rotatable bonds is 6. The van der Waals surface area contributed by atoms with Crippen LogP contribution in [-0.2, 0) is 13.0 Å². The first kappa shape index (κ1) is 17.1. The summed E-state index contributed by atoms with van der Waals surface area (Å²) in [6.45, 7) is 3.55. The van der Waals surface area contributed by atoms with Gasteiger partial charge in [0.15, 0.2) is 5.11 Å². The first-order valence-corrected chi connectivity index (χ1v) is 8.64. The van der Waals surface area contributed by atoms with Gasteiger partial charge >= 0.3 is 0 Å². The molecule has 0 spiro atoms. The van der Waals surface area contributed by atoms with E-state index in [1.807, 2.05) is 30.3 Å². The van der Waals surface area contributed by atoms with Gasteiger partial charge in [0.1, 0.15) is 6.33 Å². The zero-order valence-electron chi connectivity index (χ0n) is 14.1. The van der Waals surface area contributed by atoms with Crippen molar-refractivity contribution >= 4 is 23.3 Å². The van der Waals surface area contributed by atoms with Crippen LogP contribution in [0.2, 0.25) is 0 Å². The minimum atomic E-state index is 0.505. The van der Waals surface area contributed by atoms with Crippen LogP contribution in [0, 0.1) is 6.92 Å². The summed E-state index contributed by atoms with van der Waals surface area (Å²) in [5.74, 6) is 0.505. The van der Waals surface area contributed by atoms with Crippen LogP contribution in [0.4, 0.5) is 5.95 Å². The van der Waals surface area contributed by atoms with Gasteiger partial charge in [0.25, 0.3) is 0 Å². The number of anilines is 1. The van der Waals surface area contributed by atoms with Crippen molar-refractivity contribution < 1.29 is 0 Å². The van der Waals surface area contributed by atoms with Gasteiger partial charge in [-0.2, -0.15) is 0 Å². The number of nitrogens with zero attached hydrogens (tertiary/aromatic N) is 3. The van der Waals surface area contributed by atoms with Gasteiger partial charge in [-0.05, 0) is 42.3 Å². The van der Waals surface area contributed by atoms with Crippen LogP contribution in [0.15, 0.2) is 60.9 Å². The molecule has 0 fully saturated rings. The Balaban J connectivity index is 1.47. The van der Waals surface area contributed by atoms with Gasteiger partial charge in [0.2, 0.25) is 5.95 Å². The molecule has 6 heteroatoms.